The van der Waals surface area contributed by atoms with E-state index in [1.807, 2.05) is 14.0 Å². The van der Waals surface area contributed by atoms with Crippen LogP contribution in [0, 0.1) is 11.8 Å². The summed E-state index contributed by atoms with van der Waals surface area (Å²) in [6, 6.07) is -0.0728. The number of carboxylic acid groups (broad SMARTS) is 1. The highest BCUT2D eigenvalue weighted by Crippen LogP contribution is 2.21. The van der Waals surface area contributed by atoms with E-state index in [-0.39, 0.29) is 18.5 Å². The molecule has 2 aliphatic heterocycles. The fraction of sp³-hybridized carbons (Fsp3) is 0.923. The van der Waals surface area contributed by atoms with Crippen molar-refractivity contribution in [2.24, 2.45) is 11.8 Å². The summed E-state index contributed by atoms with van der Waals surface area (Å²) < 4.78 is 29.0. The lowest BCUT2D eigenvalue weighted by Crippen LogP contribution is -2.54. The number of nitrogens with zero attached hydrogens (tertiary/aromatic N) is 2. The van der Waals surface area contributed by atoms with Gasteiger partial charge in [0.2, 0.25) is 0 Å². The van der Waals surface area contributed by atoms with E-state index in [9.17, 15) is 13.2 Å². The van der Waals surface area contributed by atoms with Crippen LogP contribution < -0.4 is 4.72 Å². The normalized spacial score (nSPS) is 33.0. The lowest BCUT2D eigenvalue weighted by atomic mass is 9.95. The van der Waals surface area contributed by atoms with Gasteiger partial charge in [0.05, 0.1) is 5.92 Å². The highest BCUT2D eigenvalue weighted by Gasteiger charge is 2.35. The van der Waals surface area contributed by atoms with Crippen LogP contribution in [-0.2, 0) is 15.0 Å². The third-order valence-electron chi connectivity index (χ3n) is 4.48. The van der Waals surface area contributed by atoms with Crippen molar-refractivity contribution in [1.29, 1.82) is 0 Å². The molecule has 0 radical (unpaired) electrons. The summed E-state index contributed by atoms with van der Waals surface area (Å²) in [4.78, 5) is 13.2. The van der Waals surface area contributed by atoms with Crippen LogP contribution in [0.1, 0.15) is 26.2 Å². The second kappa shape index (κ2) is 6.60. The van der Waals surface area contributed by atoms with Crippen molar-refractivity contribution in [3.05, 3.63) is 0 Å². The number of piperidine rings is 2. The number of hydrogen-bond donors (Lipinski definition) is 2. The van der Waals surface area contributed by atoms with Crippen molar-refractivity contribution in [3.8, 4) is 0 Å². The lowest BCUT2D eigenvalue weighted by Gasteiger charge is -2.37. The Morgan fingerprint density at radius 2 is 1.95 bits per heavy atom. The standard InChI is InChI=1S/C13H25N3O4S/c1-10-8-15(2)7-5-12(10)14-21(19,20)16-6-3-4-11(9-16)13(17)18/h10-12,14H,3-9H2,1-2H3,(H,17,18). The maximum absolute atomic E-state index is 12.5. The smallest absolute Gasteiger partial charge is 0.307 e. The molecule has 2 N–H and O–H groups in total. The molecule has 2 heterocycles. The summed E-state index contributed by atoms with van der Waals surface area (Å²) in [5.41, 5.74) is 0. The molecular weight excluding hydrogens is 294 g/mol. The fourth-order valence-corrected chi connectivity index (χ4v) is 4.78. The SMILES string of the molecule is CC1CN(C)CCC1NS(=O)(=O)N1CCCC(C(=O)O)C1. The molecule has 2 rings (SSSR count). The molecule has 2 saturated heterocycles. The molecule has 8 heteroatoms. The van der Waals surface area contributed by atoms with E-state index in [4.69, 9.17) is 5.11 Å². The monoisotopic (exact) mass is 319 g/mol. The van der Waals surface area contributed by atoms with Gasteiger partial charge in [-0.3, -0.25) is 4.79 Å². The Labute approximate surface area is 126 Å². The van der Waals surface area contributed by atoms with Gasteiger partial charge in [0.15, 0.2) is 0 Å². The zero-order chi connectivity index (χ0) is 15.6. The molecule has 122 valence electrons. The fourth-order valence-electron chi connectivity index (χ4n) is 3.16. The predicted octanol–water partition coefficient (Wildman–Crippen LogP) is -0.0424. The van der Waals surface area contributed by atoms with Crippen LogP contribution in [0.25, 0.3) is 0 Å². The van der Waals surface area contributed by atoms with Crippen molar-refractivity contribution >= 4 is 16.2 Å². The number of hydrogen-bond acceptors (Lipinski definition) is 4. The molecule has 0 saturated carbocycles. The van der Waals surface area contributed by atoms with Crippen LogP contribution in [0.4, 0.5) is 0 Å². The van der Waals surface area contributed by atoms with Crippen LogP contribution in [0.15, 0.2) is 0 Å². The Kier molecular flexibility index (Phi) is 5.24. The Morgan fingerprint density at radius 3 is 2.57 bits per heavy atom. The van der Waals surface area contributed by atoms with Crippen LogP contribution >= 0.6 is 0 Å². The number of carbonyl (C=O) groups is 1. The average molecular weight is 319 g/mol. The summed E-state index contributed by atoms with van der Waals surface area (Å²) in [6.07, 6.45) is 1.93. The second-order valence-electron chi connectivity index (χ2n) is 6.29. The lowest BCUT2D eigenvalue weighted by molar-refractivity contribution is -0.142. The number of carboxylic acids is 1. The summed E-state index contributed by atoms with van der Waals surface area (Å²) in [5, 5.41) is 9.07. The third kappa shape index (κ3) is 4.15. The summed E-state index contributed by atoms with van der Waals surface area (Å²) >= 11 is 0. The largest absolute Gasteiger partial charge is 0.481 e. The third-order valence-corrected chi connectivity index (χ3v) is 6.09. The van der Waals surface area contributed by atoms with Gasteiger partial charge >= 0.3 is 5.97 Å². The number of likely N-dealkylation sites (tertiary alicyclic amines) is 1. The molecule has 0 bridgehead atoms. The zero-order valence-electron chi connectivity index (χ0n) is 12.7. The van der Waals surface area contributed by atoms with Crippen molar-refractivity contribution < 1.29 is 18.3 Å². The molecule has 0 aromatic heterocycles. The maximum Gasteiger partial charge on any atom is 0.307 e. The molecule has 7 nitrogen and oxygen atoms in total. The van der Waals surface area contributed by atoms with E-state index in [0.29, 0.717) is 19.4 Å². The van der Waals surface area contributed by atoms with Gasteiger partial charge in [0.25, 0.3) is 10.2 Å². The molecular formula is C13H25N3O4S. The van der Waals surface area contributed by atoms with E-state index < -0.39 is 22.1 Å². The van der Waals surface area contributed by atoms with E-state index in [2.05, 4.69) is 9.62 Å². The van der Waals surface area contributed by atoms with Gasteiger partial charge in [0, 0.05) is 25.7 Å². The maximum atomic E-state index is 12.5. The van der Waals surface area contributed by atoms with E-state index in [1.165, 1.54) is 4.31 Å². The first kappa shape index (κ1) is 16.7. The minimum Gasteiger partial charge on any atom is -0.481 e. The molecule has 0 aromatic rings. The second-order valence-corrected chi connectivity index (χ2v) is 8.00. The van der Waals surface area contributed by atoms with E-state index in [1.54, 1.807) is 0 Å². The quantitative estimate of drug-likeness (QED) is 0.759. The molecule has 2 aliphatic rings. The molecule has 0 aromatic carbocycles. The number of rotatable bonds is 4. The molecule has 0 aliphatic carbocycles. The van der Waals surface area contributed by atoms with Gasteiger partial charge in [-0.2, -0.15) is 17.4 Å². The van der Waals surface area contributed by atoms with Crippen molar-refractivity contribution in [2.75, 3.05) is 33.2 Å². The molecule has 0 amide bonds. The first-order chi connectivity index (χ1) is 9.79. The van der Waals surface area contributed by atoms with Gasteiger partial charge in [-0.1, -0.05) is 6.92 Å². The molecule has 3 unspecified atom stereocenters. The van der Waals surface area contributed by atoms with Gasteiger partial charge in [-0.25, -0.2) is 0 Å². The number of aliphatic carboxylic acids is 1. The Hall–Kier alpha value is -0.700. The summed E-state index contributed by atoms with van der Waals surface area (Å²) in [6.45, 7) is 4.26. The number of nitrogens with one attached hydrogen (secondary N) is 1. The predicted molar refractivity (Wildman–Crippen MR) is 79.1 cm³/mol. The van der Waals surface area contributed by atoms with Gasteiger partial charge in [-0.05, 0) is 38.8 Å². The van der Waals surface area contributed by atoms with Crippen molar-refractivity contribution in [1.82, 2.24) is 13.9 Å². The van der Waals surface area contributed by atoms with Crippen LogP contribution in [0.2, 0.25) is 0 Å². The first-order valence-corrected chi connectivity index (χ1v) is 8.92. The van der Waals surface area contributed by atoms with Crippen LogP contribution in [0.5, 0.6) is 0 Å². The Morgan fingerprint density at radius 1 is 1.24 bits per heavy atom. The van der Waals surface area contributed by atoms with Crippen molar-refractivity contribution in [3.63, 3.8) is 0 Å². The topological polar surface area (TPSA) is 90.0 Å². The summed E-state index contributed by atoms with van der Waals surface area (Å²) in [7, 11) is -1.57. The molecule has 0 spiro atoms. The minimum atomic E-state index is -3.60. The highest BCUT2D eigenvalue weighted by atomic mass is 32.2. The molecule has 2 fully saturated rings. The first-order valence-electron chi connectivity index (χ1n) is 7.48. The molecule has 3 atom stereocenters. The van der Waals surface area contributed by atoms with Crippen molar-refractivity contribution in [2.45, 2.75) is 32.2 Å². The Bertz CT molecular complexity index is 482. The van der Waals surface area contributed by atoms with Gasteiger partial charge < -0.3 is 10.0 Å². The minimum absolute atomic E-state index is 0.0728. The summed E-state index contributed by atoms with van der Waals surface area (Å²) in [5.74, 6) is -1.26. The van der Waals surface area contributed by atoms with E-state index >= 15 is 0 Å². The highest BCUT2D eigenvalue weighted by molar-refractivity contribution is 7.87. The van der Waals surface area contributed by atoms with Gasteiger partial charge in [-0.15, -0.1) is 0 Å². The van der Waals surface area contributed by atoms with Gasteiger partial charge in [0.1, 0.15) is 0 Å². The Balaban J connectivity index is 1.99. The van der Waals surface area contributed by atoms with Crippen LogP contribution in [-0.4, -0.2) is 68.0 Å². The van der Waals surface area contributed by atoms with Crippen LogP contribution in [0.3, 0.4) is 0 Å². The average Bonchev–Trinajstić information content (AvgIpc) is 2.42. The molecule has 21 heavy (non-hydrogen) atoms. The zero-order valence-corrected chi connectivity index (χ0v) is 13.5. The van der Waals surface area contributed by atoms with E-state index in [0.717, 1.165) is 19.5 Å².